The van der Waals surface area contributed by atoms with Crippen molar-refractivity contribution in [3.63, 3.8) is 0 Å². The van der Waals surface area contributed by atoms with Crippen molar-refractivity contribution in [1.82, 2.24) is 4.90 Å². The smallest absolute Gasteiger partial charge is 0.234 e. The van der Waals surface area contributed by atoms with E-state index in [1.54, 1.807) is 18.2 Å². The number of allylic oxidation sites excluding steroid dienone is 6. The van der Waals surface area contributed by atoms with Crippen LogP contribution in [-0.4, -0.2) is 23.9 Å². The topological polar surface area (TPSA) is 46.4 Å². The minimum Gasteiger partial charge on any atom is -0.383 e. The van der Waals surface area contributed by atoms with Gasteiger partial charge in [-0.05, 0) is 12.3 Å². The Labute approximate surface area is 83.7 Å². The van der Waals surface area contributed by atoms with Gasteiger partial charge in [0.25, 0.3) is 0 Å². The summed E-state index contributed by atoms with van der Waals surface area (Å²) in [4.78, 5) is 11.3. The Morgan fingerprint density at radius 1 is 1.00 bits per heavy atom. The molecular weight excluding hydrogens is 180 g/mol. The Kier molecular flexibility index (Phi) is 6.77. The van der Waals surface area contributed by atoms with Crippen molar-refractivity contribution in [2.45, 2.75) is 0 Å². The molecule has 0 spiro atoms. The molecule has 0 amide bonds. The van der Waals surface area contributed by atoms with Crippen LogP contribution >= 0.6 is 0 Å². The summed E-state index contributed by atoms with van der Waals surface area (Å²) in [7, 11) is 3.86. The van der Waals surface area contributed by atoms with Crippen molar-refractivity contribution in [2.75, 3.05) is 14.1 Å². The maximum absolute atomic E-state index is 9.86. The van der Waals surface area contributed by atoms with Crippen molar-refractivity contribution in [2.24, 2.45) is 0 Å². The Morgan fingerprint density at radius 3 is 2.00 bits per heavy atom. The van der Waals surface area contributed by atoms with Crippen LogP contribution in [0.15, 0.2) is 48.9 Å². The van der Waals surface area contributed by atoms with Crippen LogP contribution < -0.4 is 0 Å². The molecule has 0 aliphatic carbocycles. The lowest BCUT2D eigenvalue weighted by Crippen LogP contribution is -1.99. The molecule has 0 radical (unpaired) electrons. The van der Waals surface area contributed by atoms with Gasteiger partial charge in [-0.1, -0.05) is 24.3 Å². The molecule has 0 atom stereocenters. The van der Waals surface area contributed by atoms with E-state index in [0.717, 1.165) is 6.20 Å². The second kappa shape index (κ2) is 7.79. The molecule has 0 fully saturated rings. The summed E-state index contributed by atoms with van der Waals surface area (Å²) in [6.45, 7) is 0. The highest BCUT2D eigenvalue weighted by molar-refractivity contribution is 5.14. The van der Waals surface area contributed by atoms with E-state index in [1.807, 2.05) is 37.3 Å². The first-order valence-corrected chi connectivity index (χ1v) is 4.11. The quantitative estimate of drug-likeness (QED) is 0.382. The number of hydrogen-bond donors (Lipinski definition) is 0. The molecule has 0 bridgehead atoms. The lowest BCUT2D eigenvalue weighted by molar-refractivity contribution is -0.402. The van der Waals surface area contributed by atoms with Crippen molar-refractivity contribution in [3.05, 3.63) is 59.0 Å². The Balaban J connectivity index is 3.77. The van der Waals surface area contributed by atoms with Crippen molar-refractivity contribution < 1.29 is 4.92 Å². The van der Waals surface area contributed by atoms with Gasteiger partial charge in [-0.25, -0.2) is 0 Å². The number of nitrogens with zero attached hydrogens (tertiary/aromatic N) is 2. The zero-order chi connectivity index (χ0) is 10.8. The molecule has 0 aliphatic rings. The molecule has 4 heteroatoms. The molecule has 0 N–H and O–H groups in total. The van der Waals surface area contributed by atoms with Crippen LogP contribution in [0.2, 0.25) is 0 Å². The number of hydrogen-bond acceptors (Lipinski definition) is 3. The molecule has 0 aromatic carbocycles. The Hall–Kier alpha value is -1.84. The summed E-state index contributed by atoms with van der Waals surface area (Å²) in [5.74, 6) is 0. The molecule has 0 saturated heterocycles. The van der Waals surface area contributed by atoms with Crippen molar-refractivity contribution >= 4 is 0 Å². The monoisotopic (exact) mass is 194 g/mol. The summed E-state index contributed by atoms with van der Waals surface area (Å²) in [6, 6.07) is 0. The fourth-order valence-corrected chi connectivity index (χ4v) is 0.598. The molecule has 0 rings (SSSR count). The maximum atomic E-state index is 9.86. The lowest BCUT2D eigenvalue weighted by Gasteiger charge is -2.00. The molecular formula is C10H14N2O2. The van der Waals surface area contributed by atoms with Crippen molar-refractivity contribution in [3.8, 4) is 0 Å². The zero-order valence-corrected chi connectivity index (χ0v) is 8.33. The number of rotatable bonds is 5. The van der Waals surface area contributed by atoms with Gasteiger partial charge >= 0.3 is 0 Å². The highest BCUT2D eigenvalue weighted by Gasteiger charge is 1.77. The van der Waals surface area contributed by atoms with E-state index in [2.05, 4.69) is 0 Å². The molecule has 4 nitrogen and oxygen atoms in total. The molecule has 76 valence electrons. The van der Waals surface area contributed by atoms with Gasteiger partial charge in [-0.3, -0.25) is 10.1 Å². The lowest BCUT2D eigenvalue weighted by atomic mass is 10.4. The van der Waals surface area contributed by atoms with E-state index < -0.39 is 4.92 Å². The third-order valence-corrected chi connectivity index (χ3v) is 1.15. The van der Waals surface area contributed by atoms with E-state index in [9.17, 15) is 10.1 Å². The van der Waals surface area contributed by atoms with Crippen LogP contribution in [0.25, 0.3) is 0 Å². The van der Waals surface area contributed by atoms with E-state index in [0.29, 0.717) is 0 Å². The predicted octanol–water partition coefficient (Wildman–Crippen LogP) is 1.96. The predicted molar refractivity (Wildman–Crippen MR) is 57.2 cm³/mol. The number of nitro groups is 1. The first kappa shape index (κ1) is 12.2. The van der Waals surface area contributed by atoms with E-state index >= 15 is 0 Å². The minimum absolute atomic E-state index is 0.500. The van der Waals surface area contributed by atoms with Gasteiger partial charge in [0, 0.05) is 20.2 Å². The molecule has 0 aromatic rings. The summed E-state index contributed by atoms with van der Waals surface area (Å²) < 4.78 is 0. The van der Waals surface area contributed by atoms with Gasteiger partial charge in [0.05, 0.1) is 4.92 Å². The summed E-state index contributed by atoms with van der Waals surface area (Å²) >= 11 is 0. The molecule has 0 heterocycles. The van der Waals surface area contributed by atoms with Gasteiger partial charge in [0.1, 0.15) is 0 Å². The molecule has 0 aliphatic heterocycles. The highest BCUT2D eigenvalue weighted by Crippen LogP contribution is 1.83. The van der Waals surface area contributed by atoms with Crippen LogP contribution in [0, 0.1) is 10.1 Å². The van der Waals surface area contributed by atoms with Gasteiger partial charge in [0.15, 0.2) is 0 Å². The standard InChI is InChI=1S/C10H14N2O2/c1-11(2)9-7-5-3-4-6-8-10-12(13)14/h3-10H,1-2H3/b5-3+,6-4+,9-7+,10-8+. The normalized spacial score (nSPS) is 12.4. The van der Waals surface area contributed by atoms with Gasteiger partial charge in [-0.2, -0.15) is 0 Å². The fourth-order valence-electron chi connectivity index (χ4n) is 0.598. The molecule has 0 saturated carbocycles. The van der Waals surface area contributed by atoms with Gasteiger partial charge in [-0.15, -0.1) is 0 Å². The highest BCUT2D eigenvalue weighted by atomic mass is 16.6. The second-order valence-electron chi connectivity index (χ2n) is 2.70. The zero-order valence-electron chi connectivity index (χ0n) is 8.33. The van der Waals surface area contributed by atoms with Crippen LogP contribution in [0.1, 0.15) is 0 Å². The minimum atomic E-state index is -0.500. The van der Waals surface area contributed by atoms with E-state index in [4.69, 9.17) is 0 Å². The van der Waals surface area contributed by atoms with E-state index in [1.165, 1.54) is 6.08 Å². The largest absolute Gasteiger partial charge is 0.383 e. The van der Waals surface area contributed by atoms with Crippen LogP contribution in [0.4, 0.5) is 0 Å². The fraction of sp³-hybridized carbons (Fsp3) is 0.200. The summed E-state index contributed by atoms with van der Waals surface area (Å²) in [5, 5.41) is 9.86. The van der Waals surface area contributed by atoms with Crippen molar-refractivity contribution in [1.29, 1.82) is 0 Å². The van der Waals surface area contributed by atoms with E-state index in [-0.39, 0.29) is 0 Å². The Bertz CT molecular complexity index is 276. The van der Waals surface area contributed by atoms with Crippen LogP contribution in [0.3, 0.4) is 0 Å². The average Bonchev–Trinajstić information content (AvgIpc) is 2.08. The molecule has 0 unspecified atom stereocenters. The second-order valence-corrected chi connectivity index (χ2v) is 2.70. The van der Waals surface area contributed by atoms with Gasteiger partial charge < -0.3 is 4.90 Å². The molecule has 0 aromatic heterocycles. The SMILES string of the molecule is CN(C)/C=C/C=C/C=C/C=C/[N+](=O)[O-]. The Morgan fingerprint density at radius 2 is 1.50 bits per heavy atom. The van der Waals surface area contributed by atoms with Gasteiger partial charge in [0.2, 0.25) is 6.20 Å². The summed E-state index contributed by atoms with van der Waals surface area (Å²) in [5.41, 5.74) is 0. The summed E-state index contributed by atoms with van der Waals surface area (Å²) in [6.07, 6.45) is 13.0. The first-order chi connectivity index (χ1) is 6.63. The van der Waals surface area contributed by atoms with Crippen LogP contribution in [-0.2, 0) is 0 Å². The molecule has 14 heavy (non-hydrogen) atoms. The maximum Gasteiger partial charge on any atom is 0.234 e. The van der Waals surface area contributed by atoms with Crippen LogP contribution in [0.5, 0.6) is 0 Å². The average molecular weight is 194 g/mol. The third-order valence-electron chi connectivity index (χ3n) is 1.15. The first-order valence-electron chi connectivity index (χ1n) is 4.11. The third kappa shape index (κ3) is 10.2.